The number of carbonyl (C=O) groups excluding carboxylic acids is 1. The molecule has 4 rings (SSSR count). The Morgan fingerprint density at radius 2 is 1.97 bits per heavy atom. The van der Waals surface area contributed by atoms with Gasteiger partial charge in [-0.3, -0.25) is 4.79 Å². The molecule has 0 atom stereocenters. The summed E-state index contributed by atoms with van der Waals surface area (Å²) in [5.74, 6) is 1.32. The molecule has 2 aromatic carbocycles. The first-order chi connectivity index (χ1) is 15.7. The smallest absolute Gasteiger partial charge is 0.251 e. The highest BCUT2D eigenvalue weighted by molar-refractivity contribution is 7.98. The Kier molecular flexibility index (Phi) is 7.73. The van der Waals surface area contributed by atoms with Crippen LogP contribution in [0.25, 0.3) is 11.4 Å². The molecule has 1 aromatic heterocycles. The van der Waals surface area contributed by atoms with Crippen LogP contribution in [0.3, 0.4) is 0 Å². The molecule has 1 saturated heterocycles. The molecule has 1 aliphatic heterocycles. The number of amides is 1. The number of rotatable bonds is 9. The summed E-state index contributed by atoms with van der Waals surface area (Å²) in [6.07, 6.45) is 4.90. The number of aromatic amines is 1. The molecule has 0 unspecified atom stereocenters. The van der Waals surface area contributed by atoms with Crippen molar-refractivity contribution in [2.45, 2.75) is 30.2 Å². The van der Waals surface area contributed by atoms with Gasteiger partial charge in [0.2, 0.25) is 5.82 Å². The van der Waals surface area contributed by atoms with Gasteiger partial charge in [0, 0.05) is 36.1 Å². The van der Waals surface area contributed by atoms with Crippen molar-refractivity contribution in [2.24, 2.45) is 0 Å². The summed E-state index contributed by atoms with van der Waals surface area (Å²) in [7, 11) is 0. The number of hydrogen-bond acceptors (Lipinski definition) is 7. The van der Waals surface area contributed by atoms with Crippen LogP contribution in [0.2, 0.25) is 0 Å². The van der Waals surface area contributed by atoms with Crippen LogP contribution in [0, 0.1) is 0 Å². The zero-order valence-corrected chi connectivity index (χ0v) is 19.0. The Bertz CT molecular complexity index is 988. The lowest BCUT2D eigenvalue weighted by atomic mass is 10.0. The Balaban J connectivity index is 1.16. The van der Waals surface area contributed by atoms with Crippen molar-refractivity contribution in [1.29, 1.82) is 0 Å². The third kappa shape index (κ3) is 5.86. The van der Waals surface area contributed by atoms with Gasteiger partial charge in [0.15, 0.2) is 0 Å². The molecule has 0 aliphatic carbocycles. The molecule has 1 aliphatic rings. The number of nitrogens with one attached hydrogen (secondary N) is 2. The number of hydrogen-bond donors (Lipinski definition) is 2. The molecule has 32 heavy (non-hydrogen) atoms. The van der Waals surface area contributed by atoms with Gasteiger partial charge in [-0.15, -0.1) is 22.0 Å². The van der Waals surface area contributed by atoms with Gasteiger partial charge >= 0.3 is 0 Å². The molecule has 3 aromatic rings. The Morgan fingerprint density at radius 1 is 1.19 bits per heavy atom. The van der Waals surface area contributed by atoms with E-state index in [1.54, 1.807) is 11.8 Å². The summed E-state index contributed by atoms with van der Waals surface area (Å²) in [6, 6.07) is 15.7. The predicted molar refractivity (Wildman–Crippen MR) is 125 cm³/mol. The summed E-state index contributed by atoms with van der Waals surface area (Å²) in [6.45, 7) is 3.56. The number of carbonyl (C=O) groups is 1. The minimum atomic E-state index is 0.0183. The van der Waals surface area contributed by atoms with Crippen LogP contribution in [-0.4, -0.2) is 70.0 Å². The predicted octanol–water partition coefficient (Wildman–Crippen LogP) is 3.25. The third-order valence-corrected chi connectivity index (χ3v) is 6.37. The number of tetrazole rings is 1. The van der Waals surface area contributed by atoms with Crippen LogP contribution < -0.4 is 10.1 Å². The van der Waals surface area contributed by atoms with Gasteiger partial charge in [-0.25, -0.2) is 0 Å². The van der Waals surface area contributed by atoms with Crippen molar-refractivity contribution >= 4 is 17.7 Å². The molecule has 168 valence electrons. The molecule has 1 amide bonds. The third-order valence-electron chi connectivity index (χ3n) is 5.62. The van der Waals surface area contributed by atoms with Crippen molar-refractivity contribution in [3.8, 4) is 17.1 Å². The molecule has 0 saturated carbocycles. The normalized spacial score (nSPS) is 14.9. The van der Waals surface area contributed by atoms with E-state index in [0.29, 0.717) is 12.4 Å². The van der Waals surface area contributed by atoms with Crippen LogP contribution in [-0.2, 0) is 0 Å². The number of thioether (sulfide) groups is 1. The summed E-state index contributed by atoms with van der Waals surface area (Å²) in [5, 5.41) is 17.4. The number of piperidine rings is 1. The van der Waals surface area contributed by atoms with E-state index in [1.165, 1.54) is 0 Å². The second kappa shape index (κ2) is 11.1. The zero-order valence-electron chi connectivity index (χ0n) is 18.2. The Morgan fingerprint density at radius 3 is 2.69 bits per heavy atom. The minimum Gasteiger partial charge on any atom is -0.493 e. The number of ether oxygens (including phenoxy) is 1. The number of benzene rings is 2. The van der Waals surface area contributed by atoms with Gasteiger partial charge in [-0.2, -0.15) is 5.21 Å². The van der Waals surface area contributed by atoms with E-state index in [2.05, 4.69) is 30.8 Å². The minimum absolute atomic E-state index is 0.0183. The van der Waals surface area contributed by atoms with E-state index in [1.807, 2.05) is 54.8 Å². The largest absolute Gasteiger partial charge is 0.493 e. The fourth-order valence-corrected chi connectivity index (χ4v) is 4.24. The lowest BCUT2D eigenvalue weighted by Crippen LogP contribution is -2.45. The van der Waals surface area contributed by atoms with E-state index in [-0.39, 0.29) is 11.9 Å². The van der Waals surface area contributed by atoms with Gasteiger partial charge in [0.1, 0.15) is 5.75 Å². The van der Waals surface area contributed by atoms with Crippen LogP contribution in [0.15, 0.2) is 53.4 Å². The standard InChI is InChI=1S/C23H28N6O2S/c1-32-19-9-7-17(8-10-19)23(30)24-18-11-14-29(15-12-18)13-4-16-31-21-6-3-2-5-20(21)22-25-27-28-26-22/h2-3,5-10,18H,4,11-16H2,1H3,(H,24,30)(H,25,26,27,28). The molecule has 2 heterocycles. The monoisotopic (exact) mass is 452 g/mol. The van der Waals surface area contributed by atoms with Crippen molar-refractivity contribution in [3.05, 3.63) is 54.1 Å². The quantitative estimate of drug-likeness (QED) is 0.380. The lowest BCUT2D eigenvalue weighted by molar-refractivity contribution is 0.0909. The highest BCUT2D eigenvalue weighted by Gasteiger charge is 2.21. The second-order valence-corrected chi connectivity index (χ2v) is 8.63. The van der Waals surface area contributed by atoms with Gasteiger partial charge in [0.05, 0.1) is 12.2 Å². The van der Waals surface area contributed by atoms with Crippen LogP contribution in [0.5, 0.6) is 5.75 Å². The van der Waals surface area contributed by atoms with Crippen LogP contribution in [0.1, 0.15) is 29.6 Å². The average Bonchev–Trinajstić information content (AvgIpc) is 3.38. The number of H-pyrrole nitrogens is 1. The van der Waals surface area contributed by atoms with Crippen molar-refractivity contribution < 1.29 is 9.53 Å². The molecule has 2 N–H and O–H groups in total. The van der Waals surface area contributed by atoms with Crippen LogP contribution in [0.4, 0.5) is 0 Å². The number of likely N-dealkylation sites (tertiary alicyclic amines) is 1. The first-order valence-corrected chi connectivity index (χ1v) is 12.1. The Hall–Kier alpha value is -2.91. The molecular formula is C23H28N6O2S. The van der Waals surface area contributed by atoms with E-state index < -0.39 is 0 Å². The van der Waals surface area contributed by atoms with Gasteiger partial charge in [-0.1, -0.05) is 12.1 Å². The van der Waals surface area contributed by atoms with Gasteiger partial charge in [0.25, 0.3) is 5.91 Å². The number of nitrogens with zero attached hydrogens (tertiary/aromatic N) is 4. The first kappa shape index (κ1) is 22.3. The maximum absolute atomic E-state index is 12.5. The molecular weight excluding hydrogens is 424 g/mol. The molecule has 0 spiro atoms. The topological polar surface area (TPSA) is 96.0 Å². The van der Waals surface area contributed by atoms with E-state index in [9.17, 15) is 4.79 Å². The summed E-state index contributed by atoms with van der Waals surface area (Å²) in [4.78, 5) is 16.1. The highest BCUT2D eigenvalue weighted by atomic mass is 32.2. The maximum atomic E-state index is 12.5. The molecule has 1 fully saturated rings. The van der Waals surface area contributed by atoms with Crippen molar-refractivity contribution in [2.75, 3.05) is 32.5 Å². The maximum Gasteiger partial charge on any atom is 0.251 e. The highest BCUT2D eigenvalue weighted by Crippen LogP contribution is 2.26. The van der Waals surface area contributed by atoms with Crippen LogP contribution >= 0.6 is 11.8 Å². The van der Waals surface area contributed by atoms with Crippen molar-refractivity contribution in [3.63, 3.8) is 0 Å². The van der Waals surface area contributed by atoms with E-state index in [4.69, 9.17) is 4.74 Å². The van der Waals surface area contributed by atoms with E-state index >= 15 is 0 Å². The van der Waals surface area contributed by atoms with Gasteiger partial charge < -0.3 is 15.0 Å². The Labute approximate surface area is 192 Å². The molecule has 8 nitrogen and oxygen atoms in total. The SMILES string of the molecule is CSc1ccc(C(=O)NC2CCN(CCCOc3ccccc3-c3nn[nH]n3)CC2)cc1. The zero-order chi connectivity index (χ0) is 22.2. The molecule has 0 bridgehead atoms. The second-order valence-electron chi connectivity index (χ2n) is 7.75. The molecule has 9 heteroatoms. The number of aromatic nitrogens is 4. The first-order valence-electron chi connectivity index (χ1n) is 10.9. The average molecular weight is 453 g/mol. The van der Waals surface area contributed by atoms with E-state index in [0.717, 1.165) is 60.7 Å². The van der Waals surface area contributed by atoms with Crippen molar-refractivity contribution in [1.82, 2.24) is 30.8 Å². The lowest BCUT2D eigenvalue weighted by Gasteiger charge is -2.32. The summed E-state index contributed by atoms with van der Waals surface area (Å²) < 4.78 is 5.98. The number of para-hydroxylation sites is 1. The fourth-order valence-electron chi connectivity index (χ4n) is 3.84. The van der Waals surface area contributed by atoms with Gasteiger partial charge in [-0.05, 0) is 67.1 Å². The molecule has 0 radical (unpaired) electrons. The summed E-state index contributed by atoms with van der Waals surface area (Å²) >= 11 is 1.68. The fraction of sp³-hybridized carbons (Fsp3) is 0.391. The summed E-state index contributed by atoms with van der Waals surface area (Å²) in [5.41, 5.74) is 1.56.